The highest BCUT2D eigenvalue weighted by Crippen LogP contribution is 2.28. The molecule has 0 radical (unpaired) electrons. The van der Waals surface area contributed by atoms with Crippen LogP contribution < -0.4 is 5.32 Å². The number of imidazole rings is 1. The summed E-state index contributed by atoms with van der Waals surface area (Å²) in [5.74, 6) is 0.817. The average Bonchev–Trinajstić information content (AvgIpc) is 3.20. The third kappa shape index (κ3) is 3.68. The number of aryl methyl sites for hydroxylation is 3. The van der Waals surface area contributed by atoms with Gasteiger partial charge in [-0.25, -0.2) is 9.97 Å². The number of aromatic nitrogens is 3. The van der Waals surface area contributed by atoms with Gasteiger partial charge in [-0.3, -0.25) is 4.79 Å². The Morgan fingerprint density at radius 2 is 1.82 bits per heavy atom. The molecule has 0 saturated carbocycles. The van der Waals surface area contributed by atoms with E-state index in [-0.39, 0.29) is 5.91 Å². The van der Waals surface area contributed by atoms with E-state index < -0.39 is 0 Å². The maximum Gasteiger partial charge on any atom is 0.225 e. The van der Waals surface area contributed by atoms with Crippen molar-refractivity contribution in [3.8, 4) is 11.3 Å². The van der Waals surface area contributed by atoms with Crippen LogP contribution in [0.5, 0.6) is 0 Å². The highest BCUT2D eigenvalue weighted by molar-refractivity contribution is 7.12. The number of rotatable bonds is 5. The Kier molecular flexibility index (Phi) is 4.96. The summed E-state index contributed by atoms with van der Waals surface area (Å²) in [6.45, 7) is 4.44. The van der Waals surface area contributed by atoms with Crippen molar-refractivity contribution in [1.82, 2.24) is 19.9 Å². The van der Waals surface area contributed by atoms with Crippen LogP contribution in [0.2, 0.25) is 0 Å². The zero-order chi connectivity index (χ0) is 19.7. The van der Waals surface area contributed by atoms with Crippen molar-refractivity contribution < 1.29 is 4.79 Å². The van der Waals surface area contributed by atoms with E-state index in [4.69, 9.17) is 0 Å². The van der Waals surface area contributed by atoms with Crippen molar-refractivity contribution in [3.63, 3.8) is 0 Å². The first-order valence-corrected chi connectivity index (χ1v) is 10.0. The lowest BCUT2D eigenvalue weighted by Gasteiger charge is -2.06. The average molecular weight is 391 g/mol. The molecule has 0 aliphatic rings. The van der Waals surface area contributed by atoms with E-state index in [1.54, 1.807) is 11.3 Å². The van der Waals surface area contributed by atoms with E-state index in [1.165, 1.54) is 5.56 Å². The molecule has 6 heteroatoms. The molecule has 0 fully saturated rings. The molecule has 1 amide bonds. The van der Waals surface area contributed by atoms with Crippen molar-refractivity contribution >= 4 is 28.3 Å². The van der Waals surface area contributed by atoms with E-state index in [1.807, 2.05) is 42.8 Å². The zero-order valence-corrected chi connectivity index (χ0v) is 17.0. The molecule has 142 valence electrons. The van der Waals surface area contributed by atoms with Gasteiger partial charge in [-0.15, -0.1) is 11.3 Å². The number of thiazole rings is 1. The third-order valence-electron chi connectivity index (χ3n) is 4.77. The van der Waals surface area contributed by atoms with Crippen LogP contribution in [-0.2, 0) is 24.8 Å². The molecule has 2 aromatic heterocycles. The number of amides is 1. The highest BCUT2D eigenvalue weighted by atomic mass is 32.1. The molecule has 2 heterocycles. The molecular weight excluding hydrogens is 368 g/mol. The first kappa shape index (κ1) is 18.4. The topological polar surface area (TPSA) is 59.8 Å². The molecule has 0 spiro atoms. The molecule has 0 aliphatic carbocycles. The van der Waals surface area contributed by atoms with Gasteiger partial charge < -0.3 is 9.88 Å². The Balaban J connectivity index is 1.48. The molecule has 0 unspecified atom stereocenters. The van der Waals surface area contributed by atoms with Crippen LogP contribution in [0.3, 0.4) is 0 Å². The second-order valence-electron chi connectivity index (χ2n) is 6.90. The number of hydrogen-bond donors (Lipinski definition) is 1. The van der Waals surface area contributed by atoms with Crippen LogP contribution in [0.25, 0.3) is 22.3 Å². The molecule has 0 bridgehead atoms. The maximum atomic E-state index is 12.6. The fourth-order valence-electron chi connectivity index (χ4n) is 3.27. The van der Waals surface area contributed by atoms with Gasteiger partial charge in [0.2, 0.25) is 5.91 Å². The Morgan fingerprint density at radius 1 is 1.07 bits per heavy atom. The molecule has 5 nitrogen and oxygen atoms in total. The van der Waals surface area contributed by atoms with E-state index in [0.29, 0.717) is 13.0 Å². The molecule has 1 N–H and O–H groups in total. The minimum atomic E-state index is -0.0240. The summed E-state index contributed by atoms with van der Waals surface area (Å²) in [6.07, 6.45) is 0.318. The first-order valence-electron chi connectivity index (χ1n) is 9.21. The largest absolute Gasteiger partial charge is 0.349 e. The van der Waals surface area contributed by atoms with Crippen molar-refractivity contribution in [1.29, 1.82) is 0 Å². The summed E-state index contributed by atoms with van der Waals surface area (Å²) in [7, 11) is 1.97. The van der Waals surface area contributed by atoms with Gasteiger partial charge in [0.05, 0.1) is 34.7 Å². The lowest BCUT2D eigenvalue weighted by atomic mass is 10.1. The zero-order valence-electron chi connectivity index (χ0n) is 16.2. The Morgan fingerprint density at radius 3 is 2.57 bits per heavy atom. The summed E-state index contributed by atoms with van der Waals surface area (Å²) in [5, 5.41) is 3.97. The molecule has 28 heavy (non-hydrogen) atoms. The van der Waals surface area contributed by atoms with Gasteiger partial charge in [-0.05, 0) is 26.0 Å². The van der Waals surface area contributed by atoms with Crippen LogP contribution in [-0.4, -0.2) is 20.4 Å². The summed E-state index contributed by atoms with van der Waals surface area (Å²) in [4.78, 5) is 22.8. The second kappa shape index (κ2) is 7.56. The highest BCUT2D eigenvalue weighted by Gasteiger charge is 2.15. The number of carbonyl (C=O) groups excluding carboxylic acids is 1. The minimum Gasteiger partial charge on any atom is -0.349 e. The number of hydrogen-bond acceptors (Lipinski definition) is 4. The van der Waals surface area contributed by atoms with E-state index in [9.17, 15) is 4.79 Å². The Labute approximate surface area is 168 Å². The number of nitrogens with zero attached hydrogens (tertiary/aromatic N) is 3. The van der Waals surface area contributed by atoms with Gasteiger partial charge in [-0.2, -0.15) is 0 Å². The molecular formula is C22H22N4OS. The van der Waals surface area contributed by atoms with Crippen molar-refractivity contribution in [2.75, 3.05) is 0 Å². The number of benzene rings is 2. The quantitative estimate of drug-likeness (QED) is 0.556. The third-order valence-corrected chi connectivity index (χ3v) is 5.74. The van der Waals surface area contributed by atoms with E-state index in [2.05, 4.69) is 46.5 Å². The van der Waals surface area contributed by atoms with Crippen molar-refractivity contribution in [3.05, 3.63) is 69.8 Å². The Bertz CT molecular complexity index is 1140. The lowest BCUT2D eigenvalue weighted by Crippen LogP contribution is -2.25. The minimum absolute atomic E-state index is 0.0240. The molecule has 2 aromatic carbocycles. The number of nitrogens with one attached hydrogen (secondary N) is 1. The van der Waals surface area contributed by atoms with Crippen molar-refractivity contribution in [2.45, 2.75) is 26.8 Å². The predicted molar refractivity (Wildman–Crippen MR) is 113 cm³/mol. The van der Waals surface area contributed by atoms with Gasteiger partial charge in [-0.1, -0.05) is 42.0 Å². The molecule has 0 atom stereocenters. The van der Waals surface area contributed by atoms with Gasteiger partial charge in [0.15, 0.2) is 0 Å². The van der Waals surface area contributed by atoms with Gasteiger partial charge in [0.1, 0.15) is 5.82 Å². The van der Waals surface area contributed by atoms with E-state index >= 15 is 0 Å². The Hall–Kier alpha value is -2.99. The summed E-state index contributed by atoms with van der Waals surface area (Å²) >= 11 is 1.58. The second-order valence-corrected chi connectivity index (χ2v) is 8.19. The lowest BCUT2D eigenvalue weighted by molar-refractivity contribution is -0.120. The maximum absolute atomic E-state index is 12.6. The van der Waals surface area contributed by atoms with Gasteiger partial charge >= 0.3 is 0 Å². The monoisotopic (exact) mass is 390 g/mol. The number of carbonyl (C=O) groups is 1. The fraction of sp³-hybridized carbons (Fsp3) is 0.227. The number of para-hydroxylation sites is 2. The van der Waals surface area contributed by atoms with Crippen molar-refractivity contribution in [2.24, 2.45) is 7.05 Å². The smallest absolute Gasteiger partial charge is 0.225 e. The SMILES string of the molecule is Cc1ccc(-c2nc(C)sc2CC(=O)NCc2nc3ccccc3n2C)cc1. The summed E-state index contributed by atoms with van der Waals surface area (Å²) in [5.41, 5.74) is 5.16. The summed E-state index contributed by atoms with van der Waals surface area (Å²) in [6, 6.07) is 16.2. The van der Waals surface area contributed by atoms with E-state index in [0.717, 1.165) is 38.0 Å². The van der Waals surface area contributed by atoms with Crippen LogP contribution in [0.4, 0.5) is 0 Å². The van der Waals surface area contributed by atoms with Gasteiger partial charge in [0.25, 0.3) is 0 Å². The fourth-order valence-corrected chi connectivity index (χ4v) is 4.22. The predicted octanol–water partition coefficient (Wildman–Crippen LogP) is 4.17. The van der Waals surface area contributed by atoms with Crippen LogP contribution in [0.15, 0.2) is 48.5 Å². The molecule has 4 aromatic rings. The normalized spacial score (nSPS) is 11.1. The van der Waals surface area contributed by atoms with Crippen LogP contribution in [0, 0.1) is 13.8 Å². The standard InChI is InChI=1S/C22H22N4OS/c1-14-8-10-16(11-9-14)22-19(28-15(2)24-22)12-21(27)23-13-20-25-17-6-4-5-7-18(17)26(20)3/h4-11H,12-13H2,1-3H3,(H,23,27). The molecule has 0 aliphatic heterocycles. The van der Waals surface area contributed by atoms with Crippen LogP contribution >= 0.6 is 11.3 Å². The number of fused-ring (bicyclic) bond motifs is 1. The molecule has 4 rings (SSSR count). The van der Waals surface area contributed by atoms with Gasteiger partial charge in [0, 0.05) is 17.5 Å². The first-order chi connectivity index (χ1) is 13.5. The molecule has 0 saturated heterocycles. The summed E-state index contributed by atoms with van der Waals surface area (Å²) < 4.78 is 2.02. The van der Waals surface area contributed by atoms with Crippen LogP contribution in [0.1, 0.15) is 21.3 Å².